The zero-order chi connectivity index (χ0) is 15.6. The molecule has 2 aromatic carbocycles. The summed E-state index contributed by atoms with van der Waals surface area (Å²) in [6.45, 7) is 0.811. The Morgan fingerprint density at radius 3 is 2.43 bits per heavy atom. The third kappa shape index (κ3) is 2.91. The molecule has 116 valence electrons. The van der Waals surface area contributed by atoms with Crippen molar-refractivity contribution in [2.75, 3.05) is 0 Å². The minimum atomic E-state index is 0.775. The Morgan fingerprint density at radius 1 is 0.913 bits per heavy atom. The van der Waals surface area contributed by atoms with Crippen molar-refractivity contribution >= 4 is 11.6 Å². The summed E-state index contributed by atoms with van der Waals surface area (Å²) in [7, 11) is 0. The molecule has 0 saturated heterocycles. The molecule has 0 bridgehead atoms. The minimum Gasteiger partial charge on any atom is -0.260 e. The number of rotatable bonds is 3. The van der Waals surface area contributed by atoms with Gasteiger partial charge >= 0.3 is 0 Å². The second-order valence-electron chi connectivity index (χ2n) is 6.13. The summed E-state index contributed by atoms with van der Waals surface area (Å²) < 4.78 is 2.18. The van der Waals surface area contributed by atoms with Crippen molar-refractivity contribution in [2.45, 2.75) is 32.2 Å². The molecule has 3 aromatic rings. The van der Waals surface area contributed by atoms with Gasteiger partial charge in [-0.1, -0.05) is 54.1 Å². The maximum absolute atomic E-state index is 6.06. The van der Waals surface area contributed by atoms with Crippen LogP contribution >= 0.6 is 11.6 Å². The second kappa shape index (κ2) is 6.21. The van der Waals surface area contributed by atoms with Gasteiger partial charge in [0.15, 0.2) is 0 Å². The van der Waals surface area contributed by atoms with Crippen LogP contribution in [0.5, 0.6) is 0 Å². The lowest BCUT2D eigenvalue weighted by molar-refractivity contribution is 0.647. The van der Waals surface area contributed by atoms with Crippen molar-refractivity contribution < 1.29 is 0 Å². The molecular formula is C20H19ClN2. The lowest BCUT2D eigenvalue weighted by atomic mass is 9.93. The molecule has 23 heavy (non-hydrogen) atoms. The lowest BCUT2D eigenvalue weighted by Gasteiger charge is -2.12. The molecular weight excluding hydrogens is 304 g/mol. The molecule has 1 heterocycles. The van der Waals surface area contributed by atoms with E-state index in [1.54, 1.807) is 0 Å². The SMILES string of the molecule is Clc1ccc(-c2c3c(nn2Cc2ccccc2)CCCC3)cc1. The fraction of sp³-hybridized carbons (Fsp3) is 0.250. The summed E-state index contributed by atoms with van der Waals surface area (Å²) in [5, 5.41) is 5.70. The third-order valence-corrected chi connectivity index (χ3v) is 4.77. The van der Waals surface area contributed by atoms with Gasteiger partial charge in [0.25, 0.3) is 0 Å². The molecule has 0 N–H and O–H groups in total. The topological polar surface area (TPSA) is 17.8 Å². The Labute approximate surface area is 141 Å². The van der Waals surface area contributed by atoms with Crippen molar-refractivity contribution in [2.24, 2.45) is 0 Å². The number of hydrogen-bond acceptors (Lipinski definition) is 1. The number of benzene rings is 2. The molecule has 1 aliphatic rings. The number of nitrogens with zero attached hydrogens (tertiary/aromatic N) is 2. The van der Waals surface area contributed by atoms with Crippen LogP contribution in [0.25, 0.3) is 11.3 Å². The van der Waals surface area contributed by atoms with E-state index < -0.39 is 0 Å². The highest BCUT2D eigenvalue weighted by molar-refractivity contribution is 6.30. The van der Waals surface area contributed by atoms with Gasteiger partial charge in [0.05, 0.1) is 17.9 Å². The minimum absolute atomic E-state index is 0.775. The van der Waals surface area contributed by atoms with E-state index in [0.29, 0.717) is 0 Å². The first-order valence-corrected chi connectivity index (χ1v) is 8.57. The molecule has 0 atom stereocenters. The van der Waals surface area contributed by atoms with Gasteiger partial charge in [0, 0.05) is 16.1 Å². The van der Waals surface area contributed by atoms with E-state index in [9.17, 15) is 0 Å². The first-order chi connectivity index (χ1) is 11.3. The summed E-state index contributed by atoms with van der Waals surface area (Å²) in [5.74, 6) is 0. The smallest absolute Gasteiger partial charge is 0.0721 e. The molecule has 0 saturated carbocycles. The predicted octanol–water partition coefficient (Wildman–Crippen LogP) is 5.13. The zero-order valence-corrected chi connectivity index (χ0v) is 13.8. The van der Waals surface area contributed by atoms with Gasteiger partial charge in [-0.25, -0.2) is 0 Å². The predicted molar refractivity (Wildman–Crippen MR) is 94.9 cm³/mol. The quantitative estimate of drug-likeness (QED) is 0.653. The monoisotopic (exact) mass is 322 g/mol. The molecule has 0 radical (unpaired) electrons. The van der Waals surface area contributed by atoms with Gasteiger partial charge in [-0.3, -0.25) is 4.68 Å². The Hall–Kier alpha value is -2.06. The van der Waals surface area contributed by atoms with E-state index >= 15 is 0 Å². The van der Waals surface area contributed by atoms with E-state index in [1.807, 2.05) is 12.1 Å². The lowest BCUT2D eigenvalue weighted by Crippen LogP contribution is -2.04. The summed E-state index contributed by atoms with van der Waals surface area (Å²) in [6.07, 6.45) is 4.72. The van der Waals surface area contributed by atoms with Crippen molar-refractivity contribution in [3.8, 4) is 11.3 Å². The van der Waals surface area contributed by atoms with Gasteiger partial charge in [-0.15, -0.1) is 0 Å². The van der Waals surface area contributed by atoms with Crippen LogP contribution < -0.4 is 0 Å². The number of aromatic nitrogens is 2. The average molecular weight is 323 g/mol. The molecule has 0 unspecified atom stereocenters. The van der Waals surface area contributed by atoms with Crippen LogP contribution in [0.1, 0.15) is 29.7 Å². The number of fused-ring (bicyclic) bond motifs is 1. The molecule has 3 heteroatoms. The van der Waals surface area contributed by atoms with Crippen molar-refractivity contribution in [1.29, 1.82) is 0 Å². The standard InChI is InChI=1S/C20H19ClN2/c21-17-12-10-16(11-13-17)20-18-8-4-5-9-19(18)22-23(20)14-15-6-2-1-3-7-15/h1-3,6-7,10-13H,4-5,8-9,14H2. The second-order valence-corrected chi connectivity index (χ2v) is 6.57. The van der Waals surface area contributed by atoms with Crippen LogP contribution in [0.3, 0.4) is 0 Å². The van der Waals surface area contributed by atoms with Crippen molar-refractivity contribution in [3.63, 3.8) is 0 Å². The van der Waals surface area contributed by atoms with Gasteiger partial charge in [-0.2, -0.15) is 5.10 Å². The summed E-state index contributed by atoms with van der Waals surface area (Å²) >= 11 is 6.06. The van der Waals surface area contributed by atoms with E-state index in [0.717, 1.165) is 24.4 Å². The van der Waals surface area contributed by atoms with Gasteiger partial charge in [0.2, 0.25) is 0 Å². The van der Waals surface area contributed by atoms with Crippen molar-refractivity contribution in [3.05, 3.63) is 76.4 Å². The first kappa shape index (κ1) is 14.5. The highest BCUT2D eigenvalue weighted by Crippen LogP contribution is 2.32. The summed E-state index contributed by atoms with van der Waals surface area (Å²) in [5.41, 5.74) is 6.45. The maximum Gasteiger partial charge on any atom is 0.0721 e. The molecule has 1 aliphatic carbocycles. The summed E-state index contributed by atoms with van der Waals surface area (Å²) in [6, 6.07) is 18.7. The Balaban J connectivity index is 1.81. The average Bonchev–Trinajstić information content (AvgIpc) is 2.94. The Kier molecular flexibility index (Phi) is 3.92. The highest BCUT2D eigenvalue weighted by atomic mass is 35.5. The van der Waals surface area contributed by atoms with Crippen LogP contribution in [0.15, 0.2) is 54.6 Å². The zero-order valence-electron chi connectivity index (χ0n) is 13.0. The van der Waals surface area contributed by atoms with Crippen LogP contribution in [-0.4, -0.2) is 9.78 Å². The molecule has 0 spiro atoms. The number of aryl methyl sites for hydroxylation is 1. The largest absolute Gasteiger partial charge is 0.260 e. The fourth-order valence-corrected chi connectivity index (χ4v) is 3.53. The van der Waals surface area contributed by atoms with Crippen LogP contribution in [-0.2, 0) is 19.4 Å². The van der Waals surface area contributed by atoms with Gasteiger partial charge in [-0.05, 0) is 43.4 Å². The molecule has 1 aromatic heterocycles. The van der Waals surface area contributed by atoms with Crippen LogP contribution in [0.4, 0.5) is 0 Å². The number of halogens is 1. The van der Waals surface area contributed by atoms with Crippen molar-refractivity contribution in [1.82, 2.24) is 9.78 Å². The first-order valence-electron chi connectivity index (χ1n) is 8.20. The van der Waals surface area contributed by atoms with E-state index in [-0.39, 0.29) is 0 Å². The third-order valence-electron chi connectivity index (χ3n) is 4.52. The van der Waals surface area contributed by atoms with Gasteiger partial charge in [0.1, 0.15) is 0 Å². The number of hydrogen-bond donors (Lipinski definition) is 0. The molecule has 0 amide bonds. The van der Waals surface area contributed by atoms with E-state index in [2.05, 4.69) is 47.1 Å². The molecule has 4 rings (SSSR count). The molecule has 2 nitrogen and oxygen atoms in total. The highest BCUT2D eigenvalue weighted by Gasteiger charge is 2.21. The maximum atomic E-state index is 6.06. The fourth-order valence-electron chi connectivity index (χ4n) is 3.41. The Bertz CT molecular complexity index is 804. The van der Waals surface area contributed by atoms with Crippen LogP contribution in [0, 0.1) is 0 Å². The molecule has 0 fully saturated rings. The summed E-state index contributed by atoms with van der Waals surface area (Å²) in [4.78, 5) is 0. The van der Waals surface area contributed by atoms with E-state index in [4.69, 9.17) is 16.7 Å². The Morgan fingerprint density at radius 2 is 1.65 bits per heavy atom. The van der Waals surface area contributed by atoms with E-state index in [1.165, 1.54) is 40.9 Å². The normalized spacial score (nSPS) is 13.8. The van der Waals surface area contributed by atoms with Crippen LogP contribution in [0.2, 0.25) is 5.02 Å². The molecule has 0 aliphatic heterocycles. The van der Waals surface area contributed by atoms with Gasteiger partial charge < -0.3 is 0 Å².